The Labute approximate surface area is 148 Å². The van der Waals surface area contributed by atoms with Crippen LogP contribution in [0.1, 0.15) is 5.56 Å². The Hall–Kier alpha value is -2.67. The molecule has 0 atom stereocenters. The summed E-state index contributed by atoms with van der Waals surface area (Å²) in [4.78, 5) is 26.0. The third-order valence-corrected chi connectivity index (χ3v) is 4.35. The SMILES string of the molecule is O=C1CN(c2cccc(F)c2[N+](=O)[O-])CCN1Cc1ccc(Cl)cc1. The summed E-state index contributed by atoms with van der Waals surface area (Å²) in [7, 11) is 0. The van der Waals surface area contributed by atoms with Crippen LogP contribution >= 0.6 is 11.6 Å². The number of hydrogen-bond acceptors (Lipinski definition) is 4. The van der Waals surface area contributed by atoms with Crippen LogP contribution in [0.5, 0.6) is 0 Å². The van der Waals surface area contributed by atoms with Gasteiger partial charge in [0.2, 0.25) is 11.7 Å². The molecule has 1 fully saturated rings. The van der Waals surface area contributed by atoms with Crippen molar-refractivity contribution in [3.05, 3.63) is 69.0 Å². The minimum absolute atomic E-state index is 0.0299. The monoisotopic (exact) mass is 363 g/mol. The molecule has 0 bridgehead atoms. The van der Waals surface area contributed by atoms with E-state index in [0.29, 0.717) is 24.7 Å². The molecule has 0 unspecified atom stereocenters. The van der Waals surface area contributed by atoms with Crippen LogP contribution in [0.2, 0.25) is 5.02 Å². The van der Waals surface area contributed by atoms with Gasteiger partial charge in [0, 0.05) is 24.7 Å². The highest BCUT2D eigenvalue weighted by Crippen LogP contribution is 2.31. The second kappa shape index (κ2) is 7.06. The fourth-order valence-electron chi connectivity index (χ4n) is 2.83. The summed E-state index contributed by atoms with van der Waals surface area (Å²) in [6.45, 7) is 1.20. The smallest absolute Gasteiger partial charge is 0.327 e. The largest absolute Gasteiger partial charge is 0.355 e. The van der Waals surface area contributed by atoms with Gasteiger partial charge in [-0.1, -0.05) is 29.8 Å². The molecular weight excluding hydrogens is 349 g/mol. The first-order valence-electron chi connectivity index (χ1n) is 7.66. The first-order valence-corrected chi connectivity index (χ1v) is 8.03. The number of nitrogens with zero attached hydrogens (tertiary/aromatic N) is 3. The van der Waals surface area contributed by atoms with Crippen LogP contribution in [-0.4, -0.2) is 35.4 Å². The lowest BCUT2D eigenvalue weighted by Crippen LogP contribution is -2.50. The standard InChI is InChI=1S/C17H15ClFN3O3/c18-13-6-4-12(5-7-13)10-21-9-8-20(11-16(21)23)15-3-1-2-14(19)17(15)22(24)25/h1-7H,8-11H2. The van der Waals surface area contributed by atoms with Crippen molar-refractivity contribution in [3.8, 4) is 0 Å². The van der Waals surface area contributed by atoms with E-state index in [2.05, 4.69) is 0 Å². The number of amides is 1. The van der Waals surface area contributed by atoms with Crippen molar-refractivity contribution in [1.82, 2.24) is 4.90 Å². The molecule has 130 valence electrons. The molecule has 1 amide bonds. The average molecular weight is 364 g/mol. The molecule has 1 heterocycles. The van der Waals surface area contributed by atoms with Gasteiger partial charge in [0.25, 0.3) is 0 Å². The van der Waals surface area contributed by atoms with Gasteiger partial charge in [0.15, 0.2) is 0 Å². The third-order valence-electron chi connectivity index (χ3n) is 4.09. The van der Waals surface area contributed by atoms with Crippen LogP contribution in [-0.2, 0) is 11.3 Å². The lowest BCUT2D eigenvalue weighted by atomic mass is 10.1. The summed E-state index contributed by atoms with van der Waals surface area (Å²) in [5.41, 5.74) is 0.480. The van der Waals surface area contributed by atoms with Crippen molar-refractivity contribution >= 4 is 28.9 Å². The Morgan fingerprint density at radius 1 is 1.16 bits per heavy atom. The molecule has 0 radical (unpaired) electrons. The third kappa shape index (κ3) is 3.71. The number of carbonyl (C=O) groups is 1. The number of hydrogen-bond donors (Lipinski definition) is 0. The first kappa shape index (κ1) is 17.2. The van der Waals surface area contributed by atoms with Gasteiger partial charge in [-0.25, -0.2) is 0 Å². The van der Waals surface area contributed by atoms with Gasteiger partial charge < -0.3 is 9.80 Å². The number of benzene rings is 2. The van der Waals surface area contributed by atoms with Crippen molar-refractivity contribution in [2.24, 2.45) is 0 Å². The van der Waals surface area contributed by atoms with E-state index in [1.54, 1.807) is 21.9 Å². The van der Waals surface area contributed by atoms with Crippen LogP contribution in [0.4, 0.5) is 15.8 Å². The Morgan fingerprint density at radius 2 is 1.88 bits per heavy atom. The van der Waals surface area contributed by atoms with E-state index < -0.39 is 16.4 Å². The highest BCUT2D eigenvalue weighted by molar-refractivity contribution is 6.30. The first-order chi connectivity index (χ1) is 12.0. The maximum atomic E-state index is 13.8. The molecule has 8 heteroatoms. The highest BCUT2D eigenvalue weighted by Gasteiger charge is 2.30. The molecule has 0 aliphatic carbocycles. The van der Waals surface area contributed by atoms with Gasteiger partial charge >= 0.3 is 5.69 Å². The Morgan fingerprint density at radius 3 is 2.52 bits per heavy atom. The predicted octanol–water partition coefficient (Wildman–Crippen LogP) is 3.24. The molecule has 1 aliphatic heterocycles. The zero-order chi connectivity index (χ0) is 18.0. The average Bonchev–Trinajstić information content (AvgIpc) is 2.58. The van der Waals surface area contributed by atoms with Crippen molar-refractivity contribution in [1.29, 1.82) is 0 Å². The molecule has 6 nitrogen and oxygen atoms in total. The van der Waals surface area contributed by atoms with Gasteiger partial charge in [-0.3, -0.25) is 14.9 Å². The van der Waals surface area contributed by atoms with Crippen molar-refractivity contribution < 1.29 is 14.1 Å². The maximum absolute atomic E-state index is 13.8. The van der Waals surface area contributed by atoms with E-state index in [4.69, 9.17) is 11.6 Å². The van der Waals surface area contributed by atoms with E-state index in [1.165, 1.54) is 12.1 Å². The zero-order valence-electron chi connectivity index (χ0n) is 13.2. The molecule has 0 spiro atoms. The van der Waals surface area contributed by atoms with Crippen molar-refractivity contribution in [2.75, 3.05) is 24.5 Å². The summed E-state index contributed by atoms with van der Waals surface area (Å²) in [5, 5.41) is 11.8. The lowest BCUT2D eigenvalue weighted by Gasteiger charge is -2.35. The molecule has 1 aliphatic rings. The molecule has 25 heavy (non-hydrogen) atoms. The molecule has 0 saturated carbocycles. The van der Waals surface area contributed by atoms with E-state index in [9.17, 15) is 19.3 Å². The van der Waals surface area contributed by atoms with E-state index in [0.717, 1.165) is 11.6 Å². The van der Waals surface area contributed by atoms with Crippen LogP contribution in [0.15, 0.2) is 42.5 Å². The summed E-state index contributed by atoms with van der Waals surface area (Å²) in [6.07, 6.45) is 0. The van der Waals surface area contributed by atoms with Gasteiger partial charge in [-0.05, 0) is 29.8 Å². The van der Waals surface area contributed by atoms with Gasteiger partial charge in [0.1, 0.15) is 5.69 Å². The van der Waals surface area contributed by atoms with E-state index >= 15 is 0 Å². The Balaban J connectivity index is 1.74. The minimum atomic E-state index is -0.904. The number of halogens is 2. The number of nitro benzene ring substituents is 1. The Kier molecular flexibility index (Phi) is 4.85. The number of anilines is 1. The number of rotatable bonds is 4. The number of para-hydroxylation sites is 1. The van der Waals surface area contributed by atoms with Crippen LogP contribution in [0.3, 0.4) is 0 Å². The normalized spacial score (nSPS) is 14.7. The Bertz CT molecular complexity index is 813. The maximum Gasteiger partial charge on any atom is 0.327 e. The van der Waals surface area contributed by atoms with Gasteiger partial charge in [-0.15, -0.1) is 0 Å². The molecule has 2 aromatic rings. The summed E-state index contributed by atoms with van der Waals surface area (Å²) < 4.78 is 13.8. The summed E-state index contributed by atoms with van der Waals surface area (Å²) in [5.74, 6) is -1.07. The lowest BCUT2D eigenvalue weighted by molar-refractivity contribution is -0.386. The van der Waals surface area contributed by atoms with Crippen molar-refractivity contribution in [2.45, 2.75) is 6.54 Å². The van der Waals surface area contributed by atoms with Gasteiger partial charge in [-0.2, -0.15) is 4.39 Å². The predicted molar refractivity (Wildman–Crippen MR) is 92.1 cm³/mol. The van der Waals surface area contributed by atoms with E-state index in [1.807, 2.05) is 12.1 Å². The topological polar surface area (TPSA) is 66.7 Å². The fraction of sp³-hybridized carbons (Fsp3) is 0.235. The van der Waals surface area contributed by atoms with Crippen LogP contribution in [0, 0.1) is 15.9 Å². The molecule has 0 aromatic heterocycles. The molecule has 0 N–H and O–H groups in total. The van der Waals surface area contributed by atoms with E-state index in [-0.39, 0.29) is 18.1 Å². The number of piperazine rings is 1. The fourth-order valence-corrected chi connectivity index (χ4v) is 2.96. The molecule has 3 rings (SSSR count). The molecule has 2 aromatic carbocycles. The highest BCUT2D eigenvalue weighted by atomic mass is 35.5. The molecular formula is C17H15ClFN3O3. The van der Waals surface area contributed by atoms with Crippen LogP contribution in [0.25, 0.3) is 0 Å². The number of nitro groups is 1. The summed E-state index contributed by atoms with van der Waals surface area (Å²) >= 11 is 5.85. The van der Waals surface area contributed by atoms with Crippen molar-refractivity contribution in [3.63, 3.8) is 0 Å². The molecule has 1 saturated heterocycles. The second-order valence-electron chi connectivity index (χ2n) is 5.73. The minimum Gasteiger partial charge on any atom is -0.355 e. The van der Waals surface area contributed by atoms with Gasteiger partial charge in [0.05, 0.1) is 11.5 Å². The quantitative estimate of drug-likeness (QED) is 0.618. The summed E-state index contributed by atoms with van der Waals surface area (Å²) in [6, 6.07) is 11.1. The second-order valence-corrected chi connectivity index (χ2v) is 6.16. The zero-order valence-corrected chi connectivity index (χ0v) is 13.9. The van der Waals surface area contributed by atoms with Crippen LogP contribution < -0.4 is 4.90 Å². The number of carbonyl (C=O) groups excluding carboxylic acids is 1.